The molecule has 1 unspecified atom stereocenters. The molecule has 0 bridgehead atoms. The van der Waals surface area contributed by atoms with Gasteiger partial charge in [0.05, 0.1) is 0 Å². The molecular formula is C10H9F5O. The molecule has 0 aliphatic heterocycles. The van der Waals surface area contributed by atoms with Crippen molar-refractivity contribution in [2.45, 2.75) is 25.1 Å². The van der Waals surface area contributed by atoms with Gasteiger partial charge in [0.25, 0.3) is 0 Å². The molecule has 0 aliphatic rings. The van der Waals surface area contributed by atoms with Crippen LogP contribution >= 0.6 is 0 Å². The van der Waals surface area contributed by atoms with Crippen molar-refractivity contribution >= 4 is 0 Å². The monoisotopic (exact) mass is 240 g/mol. The van der Waals surface area contributed by atoms with E-state index in [0.717, 1.165) is 6.92 Å². The third-order valence-electron chi connectivity index (χ3n) is 2.35. The first-order chi connectivity index (χ1) is 7.22. The van der Waals surface area contributed by atoms with Gasteiger partial charge in [0, 0.05) is 5.56 Å². The molecule has 1 N–H and O–H groups in total. The lowest BCUT2D eigenvalue weighted by Gasteiger charge is -2.30. The van der Waals surface area contributed by atoms with Crippen LogP contribution in [0.2, 0.25) is 0 Å². The second-order valence-corrected chi connectivity index (χ2v) is 3.34. The highest BCUT2D eigenvalue weighted by Crippen LogP contribution is 2.42. The molecule has 0 aliphatic carbocycles. The summed E-state index contributed by atoms with van der Waals surface area (Å²) in [5, 5.41) is 9.40. The van der Waals surface area contributed by atoms with Crippen LogP contribution in [-0.4, -0.2) is 11.3 Å². The van der Waals surface area contributed by atoms with Gasteiger partial charge in [-0.2, -0.15) is 13.2 Å². The van der Waals surface area contributed by atoms with Crippen molar-refractivity contribution in [3.8, 4) is 0 Å². The predicted octanol–water partition coefficient (Wildman–Crippen LogP) is 3.12. The van der Waals surface area contributed by atoms with E-state index in [1.54, 1.807) is 0 Å². The molecule has 90 valence electrons. The summed E-state index contributed by atoms with van der Waals surface area (Å²) in [6.45, 7) is 1.04. The molecule has 0 heterocycles. The zero-order chi connectivity index (χ0) is 12.6. The minimum absolute atomic E-state index is 0.353. The van der Waals surface area contributed by atoms with E-state index >= 15 is 0 Å². The van der Waals surface area contributed by atoms with Gasteiger partial charge in [-0.1, -0.05) is 6.92 Å². The van der Waals surface area contributed by atoms with Gasteiger partial charge in [0.1, 0.15) is 11.6 Å². The van der Waals surface area contributed by atoms with Crippen molar-refractivity contribution in [3.05, 3.63) is 35.4 Å². The lowest BCUT2D eigenvalue weighted by molar-refractivity contribution is -0.268. The first-order valence-electron chi connectivity index (χ1n) is 4.47. The van der Waals surface area contributed by atoms with Crippen LogP contribution in [0.3, 0.4) is 0 Å². The molecule has 16 heavy (non-hydrogen) atoms. The lowest BCUT2D eigenvalue weighted by atomic mass is 9.90. The average molecular weight is 240 g/mol. The number of aliphatic hydroxyl groups is 1. The number of alkyl halides is 3. The highest BCUT2D eigenvalue weighted by atomic mass is 19.4. The van der Waals surface area contributed by atoms with Crippen molar-refractivity contribution in [2.24, 2.45) is 0 Å². The Morgan fingerprint density at radius 1 is 1.19 bits per heavy atom. The molecule has 0 spiro atoms. The maximum absolute atomic E-state index is 13.2. The smallest absolute Gasteiger partial charge is 0.376 e. The molecule has 6 heteroatoms. The fourth-order valence-electron chi connectivity index (χ4n) is 1.36. The number of benzene rings is 1. The first kappa shape index (κ1) is 12.9. The Labute approximate surface area is 88.5 Å². The number of rotatable bonds is 2. The SMILES string of the molecule is CCC(O)(c1cc(F)ccc1F)C(F)(F)F. The molecule has 0 saturated heterocycles. The zero-order valence-corrected chi connectivity index (χ0v) is 8.28. The Kier molecular flexibility index (Phi) is 3.23. The Bertz CT molecular complexity index is 387. The highest BCUT2D eigenvalue weighted by Gasteiger charge is 2.54. The van der Waals surface area contributed by atoms with Gasteiger partial charge in [-0.05, 0) is 24.6 Å². The van der Waals surface area contributed by atoms with Crippen LogP contribution in [0.25, 0.3) is 0 Å². The van der Waals surface area contributed by atoms with Crippen molar-refractivity contribution in [3.63, 3.8) is 0 Å². The number of hydrogen-bond acceptors (Lipinski definition) is 1. The van der Waals surface area contributed by atoms with E-state index in [-0.39, 0.29) is 0 Å². The van der Waals surface area contributed by atoms with Crippen molar-refractivity contribution in [1.82, 2.24) is 0 Å². The summed E-state index contributed by atoms with van der Waals surface area (Å²) < 4.78 is 63.6. The van der Waals surface area contributed by atoms with E-state index in [1.807, 2.05) is 0 Å². The molecule has 0 fully saturated rings. The zero-order valence-electron chi connectivity index (χ0n) is 8.28. The summed E-state index contributed by atoms with van der Waals surface area (Å²) >= 11 is 0. The Morgan fingerprint density at radius 3 is 2.19 bits per heavy atom. The maximum Gasteiger partial charge on any atom is 0.421 e. The minimum Gasteiger partial charge on any atom is -0.376 e. The fraction of sp³-hybridized carbons (Fsp3) is 0.400. The van der Waals surface area contributed by atoms with Crippen LogP contribution in [0.5, 0.6) is 0 Å². The van der Waals surface area contributed by atoms with Gasteiger partial charge < -0.3 is 5.11 Å². The molecule has 1 aromatic rings. The molecule has 0 aromatic heterocycles. The quantitative estimate of drug-likeness (QED) is 0.787. The molecular weight excluding hydrogens is 231 g/mol. The van der Waals surface area contributed by atoms with Gasteiger partial charge in [-0.25, -0.2) is 8.78 Å². The predicted molar refractivity (Wildman–Crippen MR) is 46.6 cm³/mol. The lowest BCUT2D eigenvalue weighted by Crippen LogP contribution is -2.42. The second kappa shape index (κ2) is 4.01. The van der Waals surface area contributed by atoms with E-state index in [2.05, 4.69) is 0 Å². The van der Waals surface area contributed by atoms with Crippen LogP contribution in [0.1, 0.15) is 18.9 Å². The van der Waals surface area contributed by atoms with Crippen LogP contribution in [0, 0.1) is 11.6 Å². The van der Waals surface area contributed by atoms with Gasteiger partial charge in [0.2, 0.25) is 0 Å². The van der Waals surface area contributed by atoms with E-state index in [9.17, 15) is 27.1 Å². The Morgan fingerprint density at radius 2 is 1.75 bits per heavy atom. The minimum atomic E-state index is -5.06. The molecule has 1 atom stereocenters. The van der Waals surface area contributed by atoms with Crippen LogP contribution in [0.15, 0.2) is 18.2 Å². The average Bonchev–Trinajstić information content (AvgIpc) is 2.19. The summed E-state index contributed by atoms with van der Waals surface area (Å²) in [5.74, 6) is -2.32. The van der Waals surface area contributed by atoms with E-state index in [4.69, 9.17) is 0 Å². The summed E-state index contributed by atoms with van der Waals surface area (Å²) in [6.07, 6.45) is -5.85. The highest BCUT2D eigenvalue weighted by molar-refractivity contribution is 5.26. The third-order valence-corrected chi connectivity index (χ3v) is 2.35. The normalized spacial score (nSPS) is 15.9. The Hall–Kier alpha value is -1.17. The van der Waals surface area contributed by atoms with E-state index in [0.29, 0.717) is 18.2 Å². The molecule has 0 amide bonds. The maximum atomic E-state index is 13.2. The third kappa shape index (κ3) is 2.02. The topological polar surface area (TPSA) is 20.2 Å². The first-order valence-corrected chi connectivity index (χ1v) is 4.47. The molecule has 0 radical (unpaired) electrons. The van der Waals surface area contributed by atoms with Gasteiger partial charge in [0.15, 0.2) is 5.60 Å². The summed E-state index contributed by atoms with van der Waals surface area (Å²) in [7, 11) is 0. The van der Waals surface area contributed by atoms with Crippen LogP contribution in [-0.2, 0) is 5.60 Å². The van der Waals surface area contributed by atoms with Gasteiger partial charge in [-0.15, -0.1) is 0 Å². The number of halogens is 5. The standard InChI is InChI=1S/C10H9F5O/c1-2-9(16,10(13,14)15)7-5-6(11)3-4-8(7)12/h3-5,16H,2H2,1H3. The van der Waals surface area contributed by atoms with Crippen molar-refractivity contribution in [1.29, 1.82) is 0 Å². The molecule has 1 nitrogen and oxygen atoms in total. The van der Waals surface area contributed by atoms with Gasteiger partial charge in [-0.3, -0.25) is 0 Å². The fourth-order valence-corrected chi connectivity index (χ4v) is 1.36. The second-order valence-electron chi connectivity index (χ2n) is 3.34. The van der Waals surface area contributed by atoms with E-state index in [1.165, 1.54) is 0 Å². The Balaban J connectivity index is 3.39. The van der Waals surface area contributed by atoms with Crippen molar-refractivity contribution in [2.75, 3.05) is 0 Å². The van der Waals surface area contributed by atoms with E-state index < -0.39 is 35.4 Å². The number of hydrogen-bond donors (Lipinski definition) is 1. The summed E-state index contributed by atoms with van der Waals surface area (Å²) in [6, 6.07) is 1.59. The molecule has 1 rings (SSSR count). The molecule has 0 saturated carbocycles. The summed E-state index contributed by atoms with van der Waals surface area (Å²) in [4.78, 5) is 0. The van der Waals surface area contributed by atoms with Crippen LogP contribution in [0.4, 0.5) is 22.0 Å². The van der Waals surface area contributed by atoms with Crippen LogP contribution < -0.4 is 0 Å². The molecule has 1 aromatic carbocycles. The largest absolute Gasteiger partial charge is 0.421 e. The summed E-state index contributed by atoms with van der Waals surface area (Å²) in [5.41, 5.74) is -4.46. The van der Waals surface area contributed by atoms with Gasteiger partial charge >= 0.3 is 6.18 Å². The van der Waals surface area contributed by atoms with Crippen molar-refractivity contribution < 1.29 is 27.1 Å².